The molecule has 0 bridgehead atoms. The Morgan fingerprint density at radius 1 is 1.18 bits per heavy atom. The van der Waals surface area contributed by atoms with Crippen molar-refractivity contribution in [1.82, 2.24) is 15.0 Å². The predicted octanol–water partition coefficient (Wildman–Crippen LogP) is 3.96. The van der Waals surface area contributed by atoms with Gasteiger partial charge in [0.05, 0.1) is 12.5 Å². The highest BCUT2D eigenvalue weighted by Gasteiger charge is 2.34. The van der Waals surface area contributed by atoms with Crippen molar-refractivity contribution in [2.24, 2.45) is 0 Å². The molecule has 1 aliphatic rings. The van der Waals surface area contributed by atoms with E-state index in [9.17, 15) is 4.79 Å². The van der Waals surface area contributed by atoms with Crippen LogP contribution >= 0.6 is 0 Å². The Balaban J connectivity index is 1.44. The topological polar surface area (TPSA) is 68.5 Å². The largest absolute Gasteiger partial charge is 0.494 e. The monoisotopic (exact) mass is 377 g/mol. The van der Waals surface area contributed by atoms with Crippen LogP contribution in [0.25, 0.3) is 11.4 Å². The Hall–Kier alpha value is -3.15. The van der Waals surface area contributed by atoms with Crippen molar-refractivity contribution in [1.29, 1.82) is 0 Å². The first-order chi connectivity index (χ1) is 13.6. The van der Waals surface area contributed by atoms with Crippen LogP contribution in [-0.4, -0.2) is 34.1 Å². The minimum atomic E-state index is -0.0690. The summed E-state index contributed by atoms with van der Waals surface area (Å²) in [6.07, 6.45) is 0.395. The lowest BCUT2D eigenvalue weighted by atomic mass is 10.1. The molecule has 1 aromatic heterocycles. The molecular formula is C22H23N3O3. The average Bonchev–Trinajstić information content (AvgIpc) is 3.31. The van der Waals surface area contributed by atoms with Gasteiger partial charge in [0.1, 0.15) is 5.75 Å². The molecule has 1 aliphatic heterocycles. The van der Waals surface area contributed by atoms with Crippen LogP contribution in [0, 0.1) is 6.92 Å². The van der Waals surface area contributed by atoms with E-state index in [0.717, 1.165) is 22.4 Å². The third kappa shape index (κ3) is 3.76. The number of rotatable bonds is 6. The molecule has 2 heterocycles. The smallest absolute Gasteiger partial charge is 0.232 e. The Labute approximate surface area is 164 Å². The lowest BCUT2D eigenvalue weighted by molar-refractivity contribution is -0.128. The quantitative estimate of drug-likeness (QED) is 0.650. The van der Waals surface area contributed by atoms with Gasteiger partial charge < -0.3 is 14.2 Å². The SMILES string of the molecule is CCOc1ccc(CN2CC(c3nc(-c4ccccc4C)no3)CC2=O)cc1. The molecule has 1 amide bonds. The van der Waals surface area contributed by atoms with Crippen LogP contribution in [0.15, 0.2) is 53.1 Å². The second-order valence-electron chi connectivity index (χ2n) is 7.02. The Bertz CT molecular complexity index is 965. The summed E-state index contributed by atoms with van der Waals surface area (Å²) < 4.78 is 11.0. The van der Waals surface area contributed by atoms with Gasteiger partial charge >= 0.3 is 0 Å². The first kappa shape index (κ1) is 18.2. The molecule has 0 N–H and O–H groups in total. The fourth-order valence-corrected chi connectivity index (χ4v) is 3.50. The molecule has 6 nitrogen and oxygen atoms in total. The van der Waals surface area contributed by atoms with Gasteiger partial charge in [0.2, 0.25) is 17.6 Å². The van der Waals surface area contributed by atoms with E-state index in [1.165, 1.54) is 0 Å². The van der Waals surface area contributed by atoms with Crippen molar-refractivity contribution in [3.05, 3.63) is 65.5 Å². The first-order valence-corrected chi connectivity index (χ1v) is 9.53. The van der Waals surface area contributed by atoms with E-state index >= 15 is 0 Å². The van der Waals surface area contributed by atoms with Gasteiger partial charge in [-0.2, -0.15) is 4.98 Å². The fraction of sp³-hybridized carbons (Fsp3) is 0.318. The van der Waals surface area contributed by atoms with Crippen molar-refractivity contribution in [3.8, 4) is 17.1 Å². The van der Waals surface area contributed by atoms with Crippen molar-refractivity contribution < 1.29 is 14.1 Å². The van der Waals surface area contributed by atoms with Gasteiger partial charge in [-0.05, 0) is 37.1 Å². The number of carbonyl (C=O) groups excluding carboxylic acids is 1. The zero-order chi connectivity index (χ0) is 19.5. The number of ether oxygens (including phenoxy) is 1. The maximum absolute atomic E-state index is 12.5. The molecule has 144 valence electrons. The lowest BCUT2D eigenvalue weighted by Gasteiger charge is -2.16. The Morgan fingerprint density at radius 2 is 1.96 bits per heavy atom. The number of nitrogens with zero attached hydrogens (tertiary/aromatic N) is 3. The van der Waals surface area contributed by atoms with Crippen LogP contribution in [0.5, 0.6) is 5.75 Å². The predicted molar refractivity (Wildman–Crippen MR) is 105 cm³/mol. The molecule has 4 rings (SSSR count). The van der Waals surface area contributed by atoms with Gasteiger partial charge in [0.15, 0.2) is 0 Å². The summed E-state index contributed by atoms with van der Waals surface area (Å²) in [7, 11) is 0. The summed E-state index contributed by atoms with van der Waals surface area (Å²) in [5.74, 6) is 1.98. The molecule has 1 saturated heterocycles. The molecular weight excluding hydrogens is 354 g/mol. The van der Waals surface area contributed by atoms with Crippen molar-refractivity contribution in [2.45, 2.75) is 32.7 Å². The molecule has 0 spiro atoms. The number of carbonyl (C=O) groups is 1. The standard InChI is InChI=1S/C22H23N3O3/c1-3-27-18-10-8-16(9-11-18)13-25-14-17(12-20(25)26)22-23-21(24-28-22)19-7-5-4-6-15(19)2/h4-11,17H,3,12-14H2,1-2H3. The molecule has 28 heavy (non-hydrogen) atoms. The Kier molecular flexibility index (Phi) is 5.10. The highest BCUT2D eigenvalue weighted by Crippen LogP contribution is 2.30. The summed E-state index contributed by atoms with van der Waals surface area (Å²) >= 11 is 0. The average molecular weight is 377 g/mol. The van der Waals surface area contributed by atoms with Gasteiger partial charge in [-0.3, -0.25) is 4.79 Å². The molecule has 1 unspecified atom stereocenters. The summed E-state index contributed by atoms with van der Waals surface area (Å²) in [6.45, 7) is 5.77. The number of amides is 1. The normalized spacial score (nSPS) is 16.6. The van der Waals surface area contributed by atoms with E-state index in [-0.39, 0.29) is 11.8 Å². The molecule has 1 atom stereocenters. The van der Waals surface area contributed by atoms with Gasteiger partial charge in [0.25, 0.3) is 0 Å². The number of hydrogen-bond donors (Lipinski definition) is 0. The summed E-state index contributed by atoms with van der Waals surface area (Å²) in [6, 6.07) is 15.8. The third-order valence-electron chi connectivity index (χ3n) is 5.00. The maximum Gasteiger partial charge on any atom is 0.232 e. The lowest BCUT2D eigenvalue weighted by Crippen LogP contribution is -2.24. The van der Waals surface area contributed by atoms with Crippen LogP contribution < -0.4 is 4.74 Å². The van der Waals surface area contributed by atoms with E-state index in [2.05, 4.69) is 10.1 Å². The van der Waals surface area contributed by atoms with E-state index in [1.807, 2.05) is 67.3 Å². The molecule has 1 fully saturated rings. The molecule has 0 radical (unpaired) electrons. The number of aromatic nitrogens is 2. The maximum atomic E-state index is 12.5. The van der Waals surface area contributed by atoms with E-state index in [0.29, 0.717) is 37.8 Å². The molecule has 2 aromatic carbocycles. The van der Waals surface area contributed by atoms with Crippen LogP contribution in [0.4, 0.5) is 0 Å². The highest BCUT2D eigenvalue weighted by atomic mass is 16.5. The van der Waals surface area contributed by atoms with Crippen molar-refractivity contribution in [3.63, 3.8) is 0 Å². The minimum absolute atomic E-state index is 0.0690. The second kappa shape index (κ2) is 7.84. The molecule has 0 saturated carbocycles. The van der Waals surface area contributed by atoms with Gasteiger partial charge in [-0.25, -0.2) is 0 Å². The van der Waals surface area contributed by atoms with Crippen LogP contribution in [-0.2, 0) is 11.3 Å². The van der Waals surface area contributed by atoms with Gasteiger partial charge in [-0.15, -0.1) is 0 Å². The van der Waals surface area contributed by atoms with E-state index < -0.39 is 0 Å². The summed E-state index contributed by atoms with van der Waals surface area (Å²) in [5, 5.41) is 4.12. The van der Waals surface area contributed by atoms with Crippen LogP contribution in [0.1, 0.15) is 36.3 Å². The fourth-order valence-electron chi connectivity index (χ4n) is 3.50. The number of likely N-dealkylation sites (tertiary alicyclic amines) is 1. The highest BCUT2D eigenvalue weighted by molar-refractivity contribution is 5.79. The zero-order valence-corrected chi connectivity index (χ0v) is 16.1. The van der Waals surface area contributed by atoms with E-state index in [1.54, 1.807) is 0 Å². The first-order valence-electron chi connectivity index (χ1n) is 9.53. The van der Waals surface area contributed by atoms with Gasteiger partial charge in [-0.1, -0.05) is 41.6 Å². The molecule has 6 heteroatoms. The number of hydrogen-bond acceptors (Lipinski definition) is 5. The van der Waals surface area contributed by atoms with E-state index in [4.69, 9.17) is 9.26 Å². The number of benzene rings is 2. The van der Waals surface area contributed by atoms with Gasteiger partial charge in [0, 0.05) is 25.1 Å². The van der Waals surface area contributed by atoms with Crippen LogP contribution in [0.3, 0.4) is 0 Å². The minimum Gasteiger partial charge on any atom is -0.494 e. The van der Waals surface area contributed by atoms with Crippen LogP contribution in [0.2, 0.25) is 0 Å². The van der Waals surface area contributed by atoms with Crippen molar-refractivity contribution >= 4 is 5.91 Å². The summed E-state index contributed by atoms with van der Waals surface area (Å²) in [4.78, 5) is 18.9. The molecule has 3 aromatic rings. The Morgan fingerprint density at radius 3 is 2.71 bits per heavy atom. The van der Waals surface area contributed by atoms with Crippen molar-refractivity contribution in [2.75, 3.05) is 13.2 Å². The zero-order valence-electron chi connectivity index (χ0n) is 16.1. The number of aryl methyl sites for hydroxylation is 1. The summed E-state index contributed by atoms with van der Waals surface area (Å²) in [5.41, 5.74) is 3.12. The second-order valence-corrected chi connectivity index (χ2v) is 7.02. The third-order valence-corrected chi connectivity index (χ3v) is 5.00. The molecule has 0 aliphatic carbocycles.